The number of rotatable bonds is 6. The highest BCUT2D eigenvalue weighted by atomic mass is 35.5. The van der Waals surface area contributed by atoms with Crippen LogP contribution in [0.5, 0.6) is 17.2 Å². The van der Waals surface area contributed by atoms with E-state index in [0.717, 1.165) is 31.7 Å². The number of likely N-dealkylation sites (N-methyl/N-ethyl adjacent to an activating group) is 1. The number of carbonyl (C=O) groups is 1. The van der Waals surface area contributed by atoms with E-state index in [1.807, 2.05) is 0 Å². The van der Waals surface area contributed by atoms with Gasteiger partial charge in [0.05, 0.1) is 27.0 Å². The molecule has 1 aliphatic heterocycles. The molecule has 0 spiro atoms. The topological polar surface area (TPSA) is 72.9 Å². The van der Waals surface area contributed by atoms with Gasteiger partial charge in [0, 0.05) is 30.0 Å². The number of thiazole rings is 1. The van der Waals surface area contributed by atoms with Crippen molar-refractivity contribution in [3.8, 4) is 17.2 Å². The molecule has 1 aliphatic rings. The maximum atomic E-state index is 12.7. The van der Waals surface area contributed by atoms with Crippen LogP contribution in [-0.4, -0.2) is 50.2 Å². The summed E-state index contributed by atoms with van der Waals surface area (Å²) in [5, 5.41) is 3.50. The van der Waals surface area contributed by atoms with E-state index in [2.05, 4.69) is 22.1 Å². The van der Waals surface area contributed by atoms with Gasteiger partial charge in [0.15, 0.2) is 16.6 Å². The van der Waals surface area contributed by atoms with Gasteiger partial charge >= 0.3 is 0 Å². The number of methoxy groups -OCH3 is 3. The van der Waals surface area contributed by atoms with Gasteiger partial charge in [0.25, 0.3) is 5.91 Å². The minimum Gasteiger partial charge on any atom is -0.493 e. The molecule has 0 fully saturated rings. The van der Waals surface area contributed by atoms with Crippen LogP contribution in [0, 0.1) is 0 Å². The number of amides is 1. The predicted octanol–water partition coefficient (Wildman–Crippen LogP) is 3.22. The largest absolute Gasteiger partial charge is 0.493 e. The monoisotopic (exact) mass is 413 g/mol. The summed E-state index contributed by atoms with van der Waals surface area (Å²) < 4.78 is 15.9. The van der Waals surface area contributed by atoms with Crippen LogP contribution in [0.2, 0.25) is 0 Å². The van der Waals surface area contributed by atoms with Gasteiger partial charge < -0.3 is 14.2 Å². The van der Waals surface area contributed by atoms with Gasteiger partial charge in [-0.05, 0) is 18.7 Å². The number of fused-ring (bicyclic) bond motifs is 1. The first-order chi connectivity index (χ1) is 12.6. The molecule has 0 radical (unpaired) electrons. The SMILES string of the molecule is CCN1CCc2nc(NC(=O)c3cc(OC)c(OC)c(OC)c3)sc2C1.Cl. The lowest BCUT2D eigenvalue weighted by Crippen LogP contribution is -2.29. The number of nitrogens with zero attached hydrogens (tertiary/aromatic N) is 2. The molecule has 0 saturated heterocycles. The third-order valence-corrected chi connectivity index (χ3v) is 5.40. The van der Waals surface area contributed by atoms with Crippen molar-refractivity contribution >= 4 is 34.8 Å². The summed E-state index contributed by atoms with van der Waals surface area (Å²) in [6.45, 7) is 5.07. The summed E-state index contributed by atoms with van der Waals surface area (Å²) in [5.41, 5.74) is 1.50. The molecular formula is C18H24ClN3O4S. The van der Waals surface area contributed by atoms with Crippen LogP contribution in [0.4, 0.5) is 5.13 Å². The molecule has 1 aromatic heterocycles. The summed E-state index contributed by atoms with van der Waals surface area (Å²) in [7, 11) is 4.57. The van der Waals surface area contributed by atoms with Crippen molar-refractivity contribution in [2.24, 2.45) is 0 Å². The third-order valence-electron chi connectivity index (χ3n) is 4.40. The van der Waals surface area contributed by atoms with Crippen LogP contribution in [0.15, 0.2) is 12.1 Å². The fraction of sp³-hybridized carbons (Fsp3) is 0.444. The number of halogens is 1. The summed E-state index contributed by atoms with van der Waals surface area (Å²) in [6.07, 6.45) is 0.916. The number of carbonyl (C=O) groups excluding carboxylic acids is 1. The molecule has 9 heteroatoms. The lowest BCUT2D eigenvalue weighted by molar-refractivity contribution is 0.102. The Labute approximate surface area is 169 Å². The van der Waals surface area contributed by atoms with Crippen molar-refractivity contribution in [2.75, 3.05) is 39.7 Å². The van der Waals surface area contributed by atoms with Gasteiger partial charge in [-0.25, -0.2) is 4.98 Å². The van der Waals surface area contributed by atoms with Gasteiger partial charge in [-0.15, -0.1) is 23.7 Å². The number of hydrogen-bond acceptors (Lipinski definition) is 7. The number of anilines is 1. The molecule has 2 aromatic rings. The molecular weight excluding hydrogens is 390 g/mol. The Hall–Kier alpha value is -2.03. The maximum absolute atomic E-state index is 12.7. The maximum Gasteiger partial charge on any atom is 0.257 e. The molecule has 3 rings (SSSR count). The van der Waals surface area contributed by atoms with Crippen molar-refractivity contribution in [2.45, 2.75) is 19.9 Å². The summed E-state index contributed by atoms with van der Waals surface area (Å²) >= 11 is 1.53. The Morgan fingerprint density at radius 3 is 2.44 bits per heavy atom. The number of aromatic nitrogens is 1. The Kier molecular flexibility index (Phi) is 7.29. The molecule has 0 unspecified atom stereocenters. The summed E-state index contributed by atoms with van der Waals surface area (Å²) in [6, 6.07) is 3.26. The zero-order valence-electron chi connectivity index (χ0n) is 15.8. The summed E-state index contributed by atoms with van der Waals surface area (Å²) in [5.74, 6) is 1.07. The second-order valence-electron chi connectivity index (χ2n) is 5.88. The van der Waals surface area contributed by atoms with Gasteiger partial charge in [-0.3, -0.25) is 15.0 Å². The zero-order chi connectivity index (χ0) is 18.7. The molecule has 1 amide bonds. The fourth-order valence-corrected chi connectivity index (χ4v) is 4.00. The second kappa shape index (κ2) is 9.25. The van der Waals surface area contributed by atoms with E-state index in [9.17, 15) is 4.79 Å². The molecule has 0 atom stereocenters. The normalized spacial score (nSPS) is 13.3. The van der Waals surface area contributed by atoms with Crippen molar-refractivity contribution in [1.82, 2.24) is 9.88 Å². The molecule has 0 bridgehead atoms. The molecule has 2 heterocycles. The quantitative estimate of drug-likeness (QED) is 0.783. The number of hydrogen-bond donors (Lipinski definition) is 1. The van der Waals surface area contributed by atoms with E-state index in [4.69, 9.17) is 14.2 Å². The lowest BCUT2D eigenvalue weighted by atomic mass is 10.1. The Morgan fingerprint density at radius 2 is 1.89 bits per heavy atom. The summed E-state index contributed by atoms with van der Waals surface area (Å²) in [4.78, 5) is 20.8. The minimum atomic E-state index is -0.261. The average Bonchev–Trinajstić information content (AvgIpc) is 3.07. The molecule has 148 valence electrons. The van der Waals surface area contributed by atoms with Gasteiger partial charge in [0.1, 0.15) is 0 Å². The molecule has 27 heavy (non-hydrogen) atoms. The van der Waals surface area contributed by atoms with Crippen molar-refractivity contribution < 1.29 is 19.0 Å². The molecule has 0 saturated carbocycles. The Morgan fingerprint density at radius 1 is 1.22 bits per heavy atom. The first kappa shape index (κ1) is 21.3. The average molecular weight is 414 g/mol. The third kappa shape index (κ3) is 4.45. The van der Waals surface area contributed by atoms with E-state index in [-0.39, 0.29) is 18.3 Å². The predicted molar refractivity (Wildman–Crippen MR) is 108 cm³/mol. The highest BCUT2D eigenvalue weighted by Gasteiger charge is 2.22. The van der Waals surface area contributed by atoms with Crippen LogP contribution in [0.1, 0.15) is 27.9 Å². The van der Waals surface area contributed by atoms with Crippen molar-refractivity contribution in [1.29, 1.82) is 0 Å². The van der Waals surface area contributed by atoms with Crippen LogP contribution < -0.4 is 19.5 Å². The van der Waals surface area contributed by atoms with E-state index >= 15 is 0 Å². The van der Waals surface area contributed by atoms with E-state index < -0.39 is 0 Å². The number of ether oxygens (including phenoxy) is 3. The molecule has 1 aromatic carbocycles. The highest BCUT2D eigenvalue weighted by Crippen LogP contribution is 2.38. The number of benzene rings is 1. The standard InChI is InChI=1S/C18H23N3O4S.ClH/c1-5-21-7-6-12-15(10-21)26-18(19-12)20-17(22)11-8-13(23-2)16(25-4)14(9-11)24-3;/h8-9H,5-7,10H2,1-4H3,(H,19,20,22);1H. The van der Waals surface area contributed by atoms with E-state index in [1.54, 1.807) is 12.1 Å². The molecule has 7 nitrogen and oxygen atoms in total. The molecule has 0 aliphatic carbocycles. The first-order valence-corrected chi connectivity index (χ1v) is 9.23. The van der Waals surface area contributed by atoms with E-state index in [1.165, 1.54) is 37.5 Å². The van der Waals surface area contributed by atoms with Gasteiger partial charge in [0.2, 0.25) is 5.75 Å². The van der Waals surface area contributed by atoms with Crippen LogP contribution in [0.3, 0.4) is 0 Å². The van der Waals surface area contributed by atoms with Crippen molar-refractivity contribution in [3.63, 3.8) is 0 Å². The fourth-order valence-electron chi connectivity index (χ4n) is 2.95. The van der Waals surface area contributed by atoms with E-state index in [0.29, 0.717) is 27.9 Å². The van der Waals surface area contributed by atoms with Gasteiger partial charge in [-0.2, -0.15) is 0 Å². The van der Waals surface area contributed by atoms with Crippen LogP contribution >= 0.6 is 23.7 Å². The Bertz CT molecular complexity index is 787. The molecule has 1 N–H and O–H groups in total. The minimum absolute atomic E-state index is 0. The first-order valence-electron chi connectivity index (χ1n) is 8.41. The number of nitrogens with one attached hydrogen (secondary N) is 1. The van der Waals surface area contributed by atoms with Crippen LogP contribution in [0.25, 0.3) is 0 Å². The Balaban J connectivity index is 0.00000261. The zero-order valence-corrected chi connectivity index (χ0v) is 17.5. The van der Waals surface area contributed by atoms with Gasteiger partial charge in [-0.1, -0.05) is 6.92 Å². The second-order valence-corrected chi connectivity index (χ2v) is 6.96. The lowest BCUT2D eigenvalue weighted by Gasteiger charge is -2.23. The smallest absolute Gasteiger partial charge is 0.257 e. The van der Waals surface area contributed by atoms with Crippen LogP contribution in [-0.2, 0) is 13.0 Å². The highest BCUT2D eigenvalue weighted by molar-refractivity contribution is 7.15. The van der Waals surface area contributed by atoms with Crippen molar-refractivity contribution in [3.05, 3.63) is 28.3 Å².